The van der Waals surface area contributed by atoms with Crippen molar-refractivity contribution in [1.29, 1.82) is 0 Å². The molecule has 0 aliphatic heterocycles. The fourth-order valence-corrected chi connectivity index (χ4v) is 3.91. The van der Waals surface area contributed by atoms with Crippen molar-refractivity contribution in [1.82, 2.24) is 4.98 Å². The second-order valence-corrected chi connectivity index (χ2v) is 6.57. The average molecular weight is 358 g/mol. The van der Waals surface area contributed by atoms with Gasteiger partial charge < -0.3 is 10.1 Å². The second kappa shape index (κ2) is 7.37. The number of amides is 1. The molecule has 0 aliphatic rings. The first-order valence-electron chi connectivity index (χ1n) is 7.24. The molecule has 0 saturated carbocycles. The van der Waals surface area contributed by atoms with Crippen LogP contribution in [0.25, 0.3) is 10.4 Å². The van der Waals surface area contributed by atoms with Crippen LogP contribution in [0.4, 0.5) is 5.00 Å². The first-order chi connectivity index (χ1) is 11.7. The molecule has 0 fully saturated rings. The lowest BCUT2D eigenvalue weighted by Crippen LogP contribution is -2.14. The Morgan fingerprint density at radius 1 is 1.25 bits per heavy atom. The third-order valence-corrected chi connectivity index (χ3v) is 5.01. The van der Waals surface area contributed by atoms with Crippen molar-refractivity contribution >= 4 is 39.6 Å². The summed E-state index contributed by atoms with van der Waals surface area (Å²) in [6.45, 7) is 2.03. The van der Waals surface area contributed by atoms with Gasteiger partial charge in [0.05, 0.1) is 12.2 Å². The fraction of sp³-hybridized carbons (Fsp3) is 0.118. The van der Waals surface area contributed by atoms with E-state index in [4.69, 9.17) is 4.74 Å². The third-order valence-electron chi connectivity index (χ3n) is 3.21. The predicted molar refractivity (Wildman–Crippen MR) is 95.8 cm³/mol. The molecule has 24 heavy (non-hydrogen) atoms. The van der Waals surface area contributed by atoms with Gasteiger partial charge in [0, 0.05) is 28.2 Å². The largest absolute Gasteiger partial charge is 0.462 e. The number of hydrogen-bond donors (Lipinski definition) is 1. The molecule has 3 aromatic rings. The molecular formula is C17H14N2O3S2. The number of carbonyl (C=O) groups excluding carboxylic acids is 2. The maximum atomic E-state index is 12.4. The second-order valence-electron chi connectivity index (χ2n) is 4.75. The highest BCUT2D eigenvalue weighted by Gasteiger charge is 2.23. The lowest BCUT2D eigenvalue weighted by Gasteiger charge is -2.08. The summed E-state index contributed by atoms with van der Waals surface area (Å²) in [4.78, 5) is 29.6. The Bertz CT molecular complexity index is 842. The van der Waals surface area contributed by atoms with E-state index in [9.17, 15) is 9.59 Å². The molecule has 5 nitrogen and oxygen atoms in total. The molecule has 122 valence electrons. The molecule has 7 heteroatoms. The quantitative estimate of drug-likeness (QED) is 0.691. The maximum Gasteiger partial charge on any atom is 0.341 e. The van der Waals surface area contributed by atoms with Crippen LogP contribution in [0.3, 0.4) is 0 Å². The molecule has 3 aromatic heterocycles. The van der Waals surface area contributed by atoms with Crippen molar-refractivity contribution in [3.63, 3.8) is 0 Å². The highest BCUT2D eigenvalue weighted by Crippen LogP contribution is 2.38. The summed E-state index contributed by atoms with van der Waals surface area (Å²) in [7, 11) is 0. The number of thiophene rings is 2. The maximum absolute atomic E-state index is 12.4. The van der Waals surface area contributed by atoms with E-state index in [0.717, 1.165) is 10.4 Å². The number of ether oxygens (including phenoxy) is 1. The van der Waals surface area contributed by atoms with Crippen molar-refractivity contribution in [3.05, 3.63) is 58.5 Å². The molecule has 3 heterocycles. The molecule has 0 saturated heterocycles. The van der Waals surface area contributed by atoms with Crippen molar-refractivity contribution < 1.29 is 14.3 Å². The molecule has 0 radical (unpaired) electrons. The van der Waals surface area contributed by atoms with Crippen LogP contribution in [-0.2, 0) is 4.74 Å². The first-order valence-corrected chi connectivity index (χ1v) is 9.00. The van der Waals surface area contributed by atoms with Crippen LogP contribution in [0.1, 0.15) is 27.6 Å². The van der Waals surface area contributed by atoms with E-state index >= 15 is 0 Å². The van der Waals surface area contributed by atoms with E-state index in [1.54, 1.807) is 25.3 Å². The summed E-state index contributed by atoms with van der Waals surface area (Å²) < 4.78 is 5.16. The van der Waals surface area contributed by atoms with Gasteiger partial charge in [0.25, 0.3) is 5.91 Å². The standard InChI is InChI=1S/C17H14N2O3S2/c1-2-22-17(21)14-12(13-6-4-8-23-13)10-24-16(14)19-15(20)11-5-3-7-18-9-11/h3-10H,2H2,1H3,(H,19,20). The van der Waals surface area contributed by atoms with E-state index in [1.165, 1.54) is 28.9 Å². The zero-order valence-corrected chi connectivity index (χ0v) is 14.4. The summed E-state index contributed by atoms with van der Waals surface area (Å²) in [5, 5.41) is 7.07. The van der Waals surface area contributed by atoms with Crippen molar-refractivity contribution in [2.24, 2.45) is 0 Å². The number of aromatic nitrogens is 1. The molecule has 1 N–H and O–H groups in total. The van der Waals surface area contributed by atoms with Crippen LogP contribution < -0.4 is 5.32 Å². The normalized spacial score (nSPS) is 10.4. The van der Waals surface area contributed by atoms with Gasteiger partial charge in [-0.15, -0.1) is 22.7 Å². The van der Waals surface area contributed by atoms with Gasteiger partial charge in [-0.1, -0.05) is 6.07 Å². The molecule has 0 spiro atoms. The Morgan fingerprint density at radius 3 is 2.79 bits per heavy atom. The minimum atomic E-state index is -0.441. The van der Waals surface area contributed by atoms with Gasteiger partial charge >= 0.3 is 5.97 Å². The minimum absolute atomic E-state index is 0.272. The molecule has 0 aromatic carbocycles. The van der Waals surface area contributed by atoms with Crippen molar-refractivity contribution in [3.8, 4) is 10.4 Å². The van der Waals surface area contributed by atoms with Gasteiger partial charge in [0.1, 0.15) is 10.6 Å². The Morgan fingerprint density at radius 2 is 2.12 bits per heavy atom. The zero-order valence-electron chi connectivity index (χ0n) is 12.8. The lowest BCUT2D eigenvalue weighted by atomic mass is 10.1. The Kier molecular flexibility index (Phi) is 5.02. The van der Waals surface area contributed by atoms with Gasteiger partial charge in [0.15, 0.2) is 0 Å². The summed E-state index contributed by atoms with van der Waals surface area (Å²) in [5.41, 5.74) is 1.59. The van der Waals surface area contributed by atoms with Gasteiger partial charge in [-0.05, 0) is 30.5 Å². The van der Waals surface area contributed by atoms with Crippen molar-refractivity contribution in [2.75, 3.05) is 11.9 Å². The molecule has 0 unspecified atom stereocenters. The van der Waals surface area contributed by atoms with E-state index in [-0.39, 0.29) is 12.5 Å². The summed E-state index contributed by atoms with van der Waals surface area (Å²) in [6.07, 6.45) is 3.08. The van der Waals surface area contributed by atoms with Crippen molar-refractivity contribution in [2.45, 2.75) is 6.92 Å². The highest BCUT2D eigenvalue weighted by molar-refractivity contribution is 7.17. The highest BCUT2D eigenvalue weighted by atomic mass is 32.1. The van der Waals surface area contributed by atoms with Crippen LogP contribution in [0.15, 0.2) is 47.4 Å². The fourth-order valence-electron chi connectivity index (χ4n) is 2.14. The summed E-state index contributed by atoms with van der Waals surface area (Å²) in [5.74, 6) is -0.753. The summed E-state index contributed by atoms with van der Waals surface area (Å²) >= 11 is 2.84. The molecule has 0 bridgehead atoms. The number of carbonyl (C=O) groups is 2. The van der Waals surface area contributed by atoms with E-state index < -0.39 is 5.97 Å². The SMILES string of the molecule is CCOC(=O)c1c(-c2cccs2)csc1NC(=O)c1cccnc1. The average Bonchev–Trinajstić information content (AvgIpc) is 3.25. The van der Waals surface area contributed by atoms with Gasteiger partial charge in [0.2, 0.25) is 0 Å². The van der Waals surface area contributed by atoms with Crippen LogP contribution in [0, 0.1) is 0 Å². The van der Waals surface area contributed by atoms with E-state index in [2.05, 4.69) is 10.3 Å². The minimum Gasteiger partial charge on any atom is -0.462 e. The number of hydrogen-bond acceptors (Lipinski definition) is 6. The molecule has 1 amide bonds. The number of nitrogens with one attached hydrogen (secondary N) is 1. The summed E-state index contributed by atoms with van der Waals surface area (Å²) in [6, 6.07) is 7.20. The topological polar surface area (TPSA) is 68.3 Å². The number of pyridine rings is 1. The monoisotopic (exact) mass is 358 g/mol. The Labute approximate surface area is 146 Å². The molecule has 3 rings (SSSR count). The van der Waals surface area contributed by atoms with Gasteiger partial charge in [-0.25, -0.2) is 4.79 Å². The third kappa shape index (κ3) is 3.37. The predicted octanol–water partition coefficient (Wildman–Crippen LogP) is 4.30. The number of rotatable bonds is 5. The number of anilines is 1. The molecule has 0 aliphatic carbocycles. The first kappa shape index (κ1) is 16.4. The molecule has 0 atom stereocenters. The van der Waals surface area contributed by atoms with Gasteiger partial charge in [-0.2, -0.15) is 0 Å². The van der Waals surface area contributed by atoms with Gasteiger partial charge in [-0.3, -0.25) is 9.78 Å². The van der Waals surface area contributed by atoms with Crippen LogP contribution in [-0.4, -0.2) is 23.5 Å². The van der Waals surface area contributed by atoms with E-state index in [1.807, 2.05) is 22.9 Å². The Balaban J connectivity index is 1.96. The van der Waals surface area contributed by atoms with Crippen LogP contribution in [0.2, 0.25) is 0 Å². The Hall–Kier alpha value is -2.51. The smallest absolute Gasteiger partial charge is 0.341 e. The van der Waals surface area contributed by atoms with E-state index in [0.29, 0.717) is 16.1 Å². The lowest BCUT2D eigenvalue weighted by molar-refractivity contribution is 0.0529. The number of esters is 1. The van der Waals surface area contributed by atoms with Crippen LogP contribution >= 0.6 is 22.7 Å². The van der Waals surface area contributed by atoms with Crippen LogP contribution in [0.5, 0.6) is 0 Å². The molecular weight excluding hydrogens is 344 g/mol. The number of nitrogens with zero attached hydrogens (tertiary/aromatic N) is 1. The zero-order chi connectivity index (χ0) is 16.9.